The summed E-state index contributed by atoms with van der Waals surface area (Å²) in [6.45, 7) is 13.4. The van der Waals surface area contributed by atoms with Gasteiger partial charge in [0, 0.05) is 24.3 Å². The van der Waals surface area contributed by atoms with Crippen LogP contribution in [0.2, 0.25) is 18.1 Å². The summed E-state index contributed by atoms with van der Waals surface area (Å²) >= 11 is 1.37. The average Bonchev–Trinajstić information content (AvgIpc) is 3.39. The van der Waals surface area contributed by atoms with E-state index in [1.54, 1.807) is 18.2 Å². The minimum absolute atomic E-state index is 0.00775. The van der Waals surface area contributed by atoms with Gasteiger partial charge in [0.25, 0.3) is 5.91 Å². The summed E-state index contributed by atoms with van der Waals surface area (Å²) < 4.78 is 39.8. The summed E-state index contributed by atoms with van der Waals surface area (Å²) in [5.74, 6) is -0.390. The molecule has 1 N–H and O–H groups in total. The van der Waals surface area contributed by atoms with E-state index in [1.165, 1.54) is 17.4 Å². The molecule has 2 aromatic heterocycles. The van der Waals surface area contributed by atoms with Gasteiger partial charge in [-0.05, 0) is 68.6 Å². The lowest BCUT2D eigenvalue weighted by Gasteiger charge is -2.36. The van der Waals surface area contributed by atoms with Crippen LogP contribution in [0.3, 0.4) is 0 Å². The number of carbonyl (C=O) groups excluding carboxylic acids is 1. The maximum atomic E-state index is 13.1. The number of aromatic nitrogens is 2. The second-order valence-electron chi connectivity index (χ2n) is 11.1. The third-order valence-electron chi connectivity index (χ3n) is 7.29. The van der Waals surface area contributed by atoms with Crippen LogP contribution in [0.4, 0.5) is 5.69 Å². The van der Waals surface area contributed by atoms with E-state index in [4.69, 9.17) is 9.16 Å². The predicted molar refractivity (Wildman–Crippen MR) is 151 cm³/mol. The van der Waals surface area contributed by atoms with Crippen molar-refractivity contribution in [1.82, 2.24) is 9.78 Å². The van der Waals surface area contributed by atoms with Crippen LogP contribution in [0.1, 0.15) is 61.6 Å². The molecule has 1 aliphatic heterocycles. The highest BCUT2D eigenvalue weighted by atomic mass is 32.2. The fourth-order valence-electron chi connectivity index (χ4n) is 4.00. The second kappa shape index (κ2) is 10.6. The van der Waals surface area contributed by atoms with Crippen molar-refractivity contribution in [2.75, 3.05) is 24.3 Å². The van der Waals surface area contributed by atoms with Crippen LogP contribution in [0, 0.1) is 6.92 Å². The molecule has 3 aromatic rings. The van der Waals surface area contributed by atoms with E-state index in [0.717, 1.165) is 35.2 Å². The van der Waals surface area contributed by atoms with Crippen LogP contribution in [-0.4, -0.2) is 51.4 Å². The minimum Gasteiger partial charge on any atom is -0.416 e. The third-order valence-corrected chi connectivity index (χ3v) is 14.6. The topological polar surface area (TPSA) is 99.5 Å². The monoisotopic (exact) mass is 563 g/mol. The van der Waals surface area contributed by atoms with Gasteiger partial charge in [-0.15, -0.1) is 11.3 Å². The van der Waals surface area contributed by atoms with Gasteiger partial charge in [-0.3, -0.25) is 4.79 Å². The Kier molecular flexibility index (Phi) is 8.02. The lowest BCUT2D eigenvalue weighted by molar-refractivity contribution is -0.0365. The molecule has 0 spiro atoms. The number of carbonyl (C=O) groups is 1. The summed E-state index contributed by atoms with van der Waals surface area (Å²) in [4.78, 5) is 14.7. The molecular weight excluding hydrogens is 527 g/mol. The zero-order chi connectivity index (χ0) is 27.0. The van der Waals surface area contributed by atoms with Crippen LogP contribution in [0.15, 0.2) is 35.2 Å². The molecule has 1 aromatic carbocycles. The molecule has 1 amide bonds. The molecule has 1 aliphatic rings. The molecule has 8 nitrogen and oxygen atoms in total. The first-order valence-corrected chi connectivity index (χ1v) is 18.0. The predicted octanol–water partition coefficient (Wildman–Crippen LogP) is 6.15. The van der Waals surface area contributed by atoms with Crippen molar-refractivity contribution in [2.24, 2.45) is 0 Å². The van der Waals surface area contributed by atoms with E-state index in [1.807, 2.05) is 17.7 Å². The number of ether oxygens (including phenoxy) is 1. The third kappa shape index (κ3) is 6.17. The number of sulfone groups is 1. The van der Waals surface area contributed by atoms with Gasteiger partial charge in [-0.25, -0.2) is 13.1 Å². The summed E-state index contributed by atoms with van der Waals surface area (Å²) in [6, 6.07) is 8.24. The molecule has 1 fully saturated rings. The molecular formula is C26H37N3O5S2Si. The van der Waals surface area contributed by atoms with Gasteiger partial charge < -0.3 is 14.5 Å². The Labute approximate surface area is 224 Å². The molecule has 0 radical (unpaired) electrons. The molecule has 4 rings (SSSR count). The lowest BCUT2D eigenvalue weighted by atomic mass is 10.2. The Hall–Kier alpha value is -2.05. The number of nitrogens with zero attached hydrogens (tertiary/aromatic N) is 2. The number of thiophene rings is 1. The average molecular weight is 564 g/mol. The number of amides is 1. The molecule has 1 atom stereocenters. The lowest BCUT2D eigenvalue weighted by Crippen LogP contribution is -2.41. The van der Waals surface area contributed by atoms with Gasteiger partial charge in [0.15, 0.2) is 24.4 Å². The first kappa shape index (κ1) is 28.0. The molecule has 37 heavy (non-hydrogen) atoms. The SMILES string of the molecule is Cc1nn(C2CCCCO2)c2sc(C(=O)Nc3cccc(S(=O)(=O)CCO[Si](C)(C)C(C)(C)C)c3)cc12. The van der Waals surface area contributed by atoms with Gasteiger partial charge in [-0.2, -0.15) is 5.10 Å². The number of benzene rings is 1. The number of rotatable bonds is 8. The standard InChI is InChI=1S/C26H37N3O5S2Si/c1-18-21-17-22(35-25(21)29(28-18)23-12-7-8-13-33-23)24(30)27-19-10-9-11-20(16-19)36(31,32)15-14-34-37(5,6)26(2,3)4/h9-11,16-17,23H,7-8,12-15H2,1-6H3,(H,27,30). The van der Waals surface area contributed by atoms with E-state index >= 15 is 0 Å². The Morgan fingerprint density at radius 1 is 1.27 bits per heavy atom. The van der Waals surface area contributed by atoms with Crippen LogP contribution in [0.25, 0.3) is 10.2 Å². The first-order valence-electron chi connectivity index (χ1n) is 12.7. The molecule has 0 aliphatic carbocycles. The van der Waals surface area contributed by atoms with E-state index < -0.39 is 18.2 Å². The van der Waals surface area contributed by atoms with E-state index in [9.17, 15) is 13.2 Å². The van der Waals surface area contributed by atoms with Crippen LogP contribution in [0.5, 0.6) is 0 Å². The normalized spacial score (nSPS) is 17.3. The number of nitrogens with one attached hydrogen (secondary N) is 1. The van der Waals surface area contributed by atoms with Crippen LogP contribution >= 0.6 is 11.3 Å². The van der Waals surface area contributed by atoms with Crippen molar-refractivity contribution in [2.45, 2.75) is 76.2 Å². The number of aryl methyl sites for hydroxylation is 1. The van der Waals surface area contributed by atoms with Crippen LogP contribution in [-0.2, 0) is 19.0 Å². The fraction of sp³-hybridized carbons (Fsp3) is 0.538. The van der Waals surface area contributed by atoms with Gasteiger partial charge in [0.1, 0.15) is 4.83 Å². The zero-order valence-electron chi connectivity index (χ0n) is 22.5. The summed E-state index contributed by atoms with van der Waals surface area (Å²) in [6.07, 6.45) is 2.93. The second-order valence-corrected chi connectivity index (χ2v) is 19.0. The highest BCUT2D eigenvalue weighted by Gasteiger charge is 2.37. The largest absolute Gasteiger partial charge is 0.416 e. The highest BCUT2D eigenvalue weighted by molar-refractivity contribution is 7.91. The molecule has 1 unspecified atom stereocenters. The Morgan fingerprint density at radius 3 is 2.70 bits per heavy atom. The van der Waals surface area contributed by atoms with Crippen molar-refractivity contribution in [3.8, 4) is 0 Å². The number of fused-ring (bicyclic) bond motifs is 1. The summed E-state index contributed by atoms with van der Waals surface area (Å²) in [5, 5.41) is 8.45. The molecule has 3 heterocycles. The Bertz CT molecular complexity index is 1380. The molecule has 202 valence electrons. The van der Waals surface area contributed by atoms with Gasteiger partial charge in [0.2, 0.25) is 0 Å². The fourth-order valence-corrected chi connectivity index (χ4v) is 7.42. The Balaban J connectivity index is 1.46. The van der Waals surface area contributed by atoms with Crippen molar-refractivity contribution >= 4 is 51.3 Å². The minimum atomic E-state index is -3.56. The van der Waals surface area contributed by atoms with Gasteiger partial charge >= 0.3 is 0 Å². The maximum absolute atomic E-state index is 13.1. The molecule has 0 saturated carbocycles. The van der Waals surface area contributed by atoms with Crippen molar-refractivity contribution in [1.29, 1.82) is 0 Å². The van der Waals surface area contributed by atoms with E-state index in [2.05, 4.69) is 44.3 Å². The zero-order valence-corrected chi connectivity index (χ0v) is 25.1. The maximum Gasteiger partial charge on any atom is 0.265 e. The molecule has 1 saturated heterocycles. The highest BCUT2D eigenvalue weighted by Crippen LogP contribution is 2.37. The van der Waals surface area contributed by atoms with E-state index in [0.29, 0.717) is 17.2 Å². The molecule has 0 bridgehead atoms. The van der Waals surface area contributed by atoms with Crippen molar-refractivity contribution in [3.63, 3.8) is 0 Å². The first-order chi connectivity index (χ1) is 17.3. The number of hydrogen-bond donors (Lipinski definition) is 1. The number of anilines is 1. The summed E-state index contributed by atoms with van der Waals surface area (Å²) in [5.41, 5.74) is 1.29. The number of hydrogen-bond acceptors (Lipinski definition) is 7. The van der Waals surface area contributed by atoms with Crippen molar-refractivity contribution < 1.29 is 22.4 Å². The van der Waals surface area contributed by atoms with Gasteiger partial charge in [0.05, 0.1) is 21.2 Å². The Morgan fingerprint density at radius 2 is 2.03 bits per heavy atom. The quantitative estimate of drug-likeness (QED) is 0.330. The smallest absolute Gasteiger partial charge is 0.265 e. The summed E-state index contributed by atoms with van der Waals surface area (Å²) in [7, 11) is -5.60. The van der Waals surface area contributed by atoms with Crippen LogP contribution < -0.4 is 5.32 Å². The molecule has 11 heteroatoms. The van der Waals surface area contributed by atoms with Crippen molar-refractivity contribution in [3.05, 3.63) is 40.9 Å². The van der Waals surface area contributed by atoms with E-state index in [-0.39, 0.29) is 34.4 Å². The van der Waals surface area contributed by atoms with Gasteiger partial charge in [-0.1, -0.05) is 26.8 Å².